The lowest BCUT2D eigenvalue weighted by Gasteiger charge is -2.38. The van der Waals surface area contributed by atoms with E-state index in [1.807, 2.05) is 16.6 Å². The summed E-state index contributed by atoms with van der Waals surface area (Å²) >= 11 is 0. The van der Waals surface area contributed by atoms with Gasteiger partial charge in [0.1, 0.15) is 0 Å². The zero-order chi connectivity index (χ0) is 16.7. The first-order valence-corrected chi connectivity index (χ1v) is 9.71. The standard InChI is InChI=1S/C19H30N4O/c1-14-7-11-22(12-8-14)15-5-6-17-16(13-15)18(20-21(17)2)19(24)23-9-3-4-10-23/h14-15H,3-13H2,1-2H3/t15-/m1/s1. The van der Waals surface area contributed by atoms with Crippen molar-refractivity contribution >= 4 is 5.91 Å². The number of aromatic nitrogens is 2. The normalized spacial score (nSPS) is 25.9. The van der Waals surface area contributed by atoms with Gasteiger partial charge in [-0.3, -0.25) is 9.48 Å². The Morgan fingerprint density at radius 1 is 1.08 bits per heavy atom. The number of carbonyl (C=O) groups is 1. The van der Waals surface area contributed by atoms with Gasteiger partial charge in [-0.05, 0) is 64.0 Å². The van der Waals surface area contributed by atoms with Crippen LogP contribution in [-0.2, 0) is 19.9 Å². The number of rotatable bonds is 2. The van der Waals surface area contributed by atoms with Gasteiger partial charge in [0, 0.05) is 37.4 Å². The first-order valence-electron chi connectivity index (χ1n) is 9.71. The van der Waals surface area contributed by atoms with Gasteiger partial charge in [0.2, 0.25) is 0 Å². The molecule has 5 heteroatoms. The molecule has 0 unspecified atom stereocenters. The van der Waals surface area contributed by atoms with E-state index >= 15 is 0 Å². The molecule has 1 atom stereocenters. The first kappa shape index (κ1) is 16.1. The molecule has 1 amide bonds. The molecule has 0 radical (unpaired) electrons. The van der Waals surface area contributed by atoms with Crippen molar-refractivity contribution in [2.45, 2.75) is 57.9 Å². The third-order valence-corrected chi connectivity index (χ3v) is 6.36. The van der Waals surface area contributed by atoms with Crippen molar-refractivity contribution < 1.29 is 4.79 Å². The van der Waals surface area contributed by atoms with Gasteiger partial charge in [0.05, 0.1) is 0 Å². The number of fused-ring (bicyclic) bond motifs is 1. The van der Waals surface area contributed by atoms with E-state index in [1.54, 1.807) is 0 Å². The fourth-order valence-electron chi connectivity index (χ4n) is 4.72. The van der Waals surface area contributed by atoms with Crippen LogP contribution in [0.1, 0.15) is 60.8 Å². The third kappa shape index (κ3) is 2.87. The molecule has 2 saturated heterocycles. The molecular weight excluding hydrogens is 300 g/mol. The first-order chi connectivity index (χ1) is 11.6. The van der Waals surface area contributed by atoms with Crippen molar-refractivity contribution in [1.82, 2.24) is 19.6 Å². The number of piperidine rings is 1. The van der Waals surface area contributed by atoms with Gasteiger partial charge < -0.3 is 9.80 Å². The maximum atomic E-state index is 12.9. The van der Waals surface area contributed by atoms with Gasteiger partial charge in [-0.2, -0.15) is 5.10 Å². The molecule has 5 nitrogen and oxygen atoms in total. The number of hydrogen-bond donors (Lipinski definition) is 0. The summed E-state index contributed by atoms with van der Waals surface area (Å²) < 4.78 is 1.97. The highest BCUT2D eigenvalue weighted by molar-refractivity contribution is 5.94. The van der Waals surface area contributed by atoms with Gasteiger partial charge in [-0.15, -0.1) is 0 Å². The molecule has 2 aliphatic heterocycles. The van der Waals surface area contributed by atoms with Crippen LogP contribution in [0.4, 0.5) is 0 Å². The summed E-state index contributed by atoms with van der Waals surface area (Å²) in [6.07, 6.45) is 8.17. The lowest BCUT2D eigenvalue weighted by molar-refractivity contribution is 0.0783. The Labute approximate surface area is 145 Å². The molecule has 0 N–H and O–H groups in total. The number of hydrogen-bond acceptors (Lipinski definition) is 3. The summed E-state index contributed by atoms with van der Waals surface area (Å²) in [7, 11) is 2.00. The van der Waals surface area contributed by atoms with Gasteiger partial charge in [-0.25, -0.2) is 0 Å². The fraction of sp³-hybridized carbons (Fsp3) is 0.789. The number of likely N-dealkylation sites (tertiary alicyclic amines) is 2. The highest BCUT2D eigenvalue weighted by Gasteiger charge is 2.33. The van der Waals surface area contributed by atoms with E-state index in [-0.39, 0.29) is 5.91 Å². The van der Waals surface area contributed by atoms with Crippen molar-refractivity contribution in [3.8, 4) is 0 Å². The van der Waals surface area contributed by atoms with E-state index in [0.29, 0.717) is 6.04 Å². The minimum absolute atomic E-state index is 0.164. The summed E-state index contributed by atoms with van der Waals surface area (Å²) in [5, 5.41) is 4.64. The second-order valence-corrected chi connectivity index (χ2v) is 8.01. The van der Waals surface area contributed by atoms with Crippen LogP contribution in [0.25, 0.3) is 0 Å². The summed E-state index contributed by atoms with van der Waals surface area (Å²) in [4.78, 5) is 17.6. The SMILES string of the molecule is CC1CCN([C@@H]2CCc3c(c(C(=O)N4CCCC4)nn3C)C2)CC1. The predicted octanol–water partition coefficient (Wildman–Crippen LogP) is 2.25. The number of aryl methyl sites for hydroxylation is 1. The maximum Gasteiger partial charge on any atom is 0.274 e. The smallest absolute Gasteiger partial charge is 0.274 e. The highest BCUT2D eigenvalue weighted by Crippen LogP contribution is 2.30. The van der Waals surface area contributed by atoms with E-state index < -0.39 is 0 Å². The topological polar surface area (TPSA) is 41.4 Å². The molecule has 3 aliphatic rings. The Kier molecular flexibility index (Phi) is 4.37. The van der Waals surface area contributed by atoms with E-state index in [2.05, 4.69) is 16.9 Å². The van der Waals surface area contributed by atoms with E-state index in [4.69, 9.17) is 0 Å². The Balaban J connectivity index is 1.54. The molecule has 0 saturated carbocycles. The van der Waals surface area contributed by atoms with Crippen LogP contribution in [-0.4, -0.2) is 57.7 Å². The average Bonchev–Trinajstić information content (AvgIpc) is 3.23. The highest BCUT2D eigenvalue weighted by atomic mass is 16.2. The maximum absolute atomic E-state index is 12.9. The zero-order valence-electron chi connectivity index (χ0n) is 15.1. The van der Waals surface area contributed by atoms with Gasteiger partial charge in [0.15, 0.2) is 5.69 Å². The molecule has 0 bridgehead atoms. The van der Waals surface area contributed by atoms with Gasteiger partial charge >= 0.3 is 0 Å². The van der Waals surface area contributed by atoms with E-state index in [1.165, 1.54) is 43.6 Å². The molecule has 2 fully saturated rings. The molecule has 1 aliphatic carbocycles. The minimum atomic E-state index is 0.164. The predicted molar refractivity (Wildman–Crippen MR) is 94.1 cm³/mol. The Hall–Kier alpha value is -1.36. The molecule has 0 aromatic carbocycles. The van der Waals surface area contributed by atoms with Crippen LogP contribution < -0.4 is 0 Å². The zero-order valence-corrected chi connectivity index (χ0v) is 15.1. The Morgan fingerprint density at radius 3 is 2.50 bits per heavy atom. The Morgan fingerprint density at radius 2 is 1.79 bits per heavy atom. The van der Waals surface area contributed by atoms with Crippen molar-refractivity contribution in [3.05, 3.63) is 17.0 Å². The fourth-order valence-corrected chi connectivity index (χ4v) is 4.72. The molecule has 1 aromatic rings. The van der Waals surface area contributed by atoms with Gasteiger partial charge in [-0.1, -0.05) is 6.92 Å². The van der Waals surface area contributed by atoms with Crippen LogP contribution in [0.15, 0.2) is 0 Å². The van der Waals surface area contributed by atoms with Crippen LogP contribution in [0.5, 0.6) is 0 Å². The minimum Gasteiger partial charge on any atom is -0.337 e. The summed E-state index contributed by atoms with van der Waals surface area (Å²) in [5.74, 6) is 1.03. The quantitative estimate of drug-likeness (QED) is 0.835. The van der Waals surface area contributed by atoms with E-state index in [0.717, 1.165) is 50.4 Å². The number of nitrogens with zero attached hydrogens (tertiary/aromatic N) is 4. The summed E-state index contributed by atoms with van der Waals surface area (Å²) in [5.41, 5.74) is 3.27. The van der Waals surface area contributed by atoms with E-state index in [9.17, 15) is 4.79 Å². The summed E-state index contributed by atoms with van der Waals surface area (Å²) in [6.45, 7) is 6.60. The van der Waals surface area contributed by atoms with Crippen LogP contribution in [0.3, 0.4) is 0 Å². The Bertz CT molecular complexity index is 609. The van der Waals surface area contributed by atoms with Crippen LogP contribution >= 0.6 is 0 Å². The average molecular weight is 330 g/mol. The van der Waals surface area contributed by atoms with Crippen LogP contribution in [0, 0.1) is 5.92 Å². The monoisotopic (exact) mass is 330 g/mol. The molecule has 24 heavy (non-hydrogen) atoms. The van der Waals surface area contributed by atoms with Crippen molar-refractivity contribution in [2.75, 3.05) is 26.2 Å². The third-order valence-electron chi connectivity index (χ3n) is 6.36. The lowest BCUT2D eigenvalue weighted by atomic mass is 9.88. The summed E-state index contributed by atoms with van der Waals surface area (Å²) in [6, 6.07) is 0.597. The molecule has 3 heterocycles. The van der Waals surface area contributed by atoms with Crippen LogP contribution in [0.2, 0.25) is 0 Å². The second-order valence-electron chi connectivity index (χ2n) is 8.01. The van der Waals surface area contributed by atoms with Crippen molar-refractivity contribution in [1.29, 1.82) is 0 Å². The number of carbonyl (C=O) groups excluding carboxylic acids is 1. The lowest BCUT2D eigenvalue weighted by Crippen LogP contribution is -2.44. The van der Waals surface area contributed by atoms with Gasteiger partial charge in [0.25, 0.3) is 5.91 Å². The molecule has 1 aromatic heterocycles. The van der Waals surface area contributed by atoms with Crippen molar-refractivity contribution in [3.63, 3.8) is 0 Å². The largest absolute Gasteiger partial charge is 0.337 e. The molecule has 0 spiro atoms. The second kappa shape index (κ2) is 6.51. The number of amides is 1. The van der Waals surface area contributed by atoms with Crippen molar-refractivity contribution in [2.24, 2.45) is 13.0 Å². The molecule has 4 rings (SSSR count). The molecule has 132 valence electrons. The molecular formula is C19H30N4O.